The minimum absolute atomic E-state index is 0.169. The second-order valence-electron chi connectivity index (χ2n) is 4.44. The molecule has 0 radical (unpaired) electrons. The lowest BCUT2D eigenvalue weighted by molar-refractivity contribution is -0.146. The number of carbonyl (C=O) groups is 2. The fraction of sp³-hybridized carbons (Fsp3) is 0.500. The van der Waals surface area contributed by atoms with Crippen LogP contribution in [0.25, 0.3) is 0 Å². The summed E-state index contributed by atoms with van der Waals surface area (Å²) in [5, 5.41) is 10.5. The van der Waals surface area contributed by atoms with E-state index in [4.69, 9.17) is 9.84 Å². The number of thiophene rings is 1. The summed E-state index contributed by atoms with van der Waals surface area (Å²) in [4.78, 5) is 22.4. The fourth-order valence-corrected chi connectivity index (χ4v) is 5.17. The minimum atomic E-state index is -4.02. The number of rotatable bonds is 5. The van der Waals surface area contributed by atoms with Crippen molar-refractivity contribution in [1.82, 2.24) is 4.31 Å². The highest BCUT2D eigenvalue weighted by molar-refractivity contribution is 7.89. The predicted molar refractivity (Wildman–Crippen MR) is 74.8 cm³/mol. The maximum absolute atomic E-state index is 12.6. The third-order valence-corrected chi connectivity index (χ3v) is 6.15. The zero-order valence-corrected chi connectivity index (χ0v) is 12.9. The van der Waals surface area contributed by atoms with E-state index < -0.39 is 28.0 Å². The number of hydrogen-bond donors (Lipinski definition) is 1. The molecule has 7 nitrogen and oxygen atoms in total. The van der Waals surface area contributed by atoms with Crippen LogP contribution in [0.1, 0.15) is 29.4 Å². The maximum atomic E-state index is 12.6. The Kier molecular flexibility index (Phi) is 4.64. The van der Waals surface area contributed by atoms with Gasteiger partial charge in [0, 0.05) is 6.54 Å². The van der Waals surface area contributed by atoms with Gasteiger partial charge in [-0.1, -0.05) is 0 Å². The van der Waals surface area contributed by atoms with Gasteiger partial charge in [0.05, 0.1) is 6.61 Å². The molecule has 1 aliphatic rings. The van der Waals surface area contributed by atoms with E-state index >= 15 is 0 Å². The smallest absolute Gasteiger partial charge is 0.347 e. The molecule has 1 aromatic heterocycles. The molecule has 9 heteroatoms. The summed E-state index contributed by atoms with van der Waals surface area (Å²) in [5.74, 6) is -1.89. The van der Waals surface area contributed by atoms with Crippen molar-refractivity contribution in [2.45, 2.75) is 30.7 Å². The van der Waals surface area contributed by atoms with E-state index in [1.165, 1.54) is 11.4 Å². The first-order chi connectivity index (χ1) is 9.89. The van der Waals surface area contributed by atoms with Crippen LogP contribution in [0.15, 0.2) is 16.3 Å². The highest BCUT2D eigenvalue weighted by atomic mass is 32.2. The minimum Gasteiger partial charge on any atom is -0.477 e. The number of carboxylic acids is 1. The summed E-state index contributed by atoms with van der Waals surface area (Å²) >= 11 is 0.842. The first-order valence-electron chi connectivity index (χ1n) is 6.38. The van der Waals surface area contributed by atoms with Crippen molar-refractivity contribution in [2.75, 3.05) is 13.2 Å². The van der Waals surface area contributed by atoms with E-state index in [0.29, 0.717) is 12.8 Å². The Morgan fingerprint density at radius 3 is 2.86 bits per heavy atom. The third-order valence-electron chi connectivity index (χ3n) is 3.17. The Morgan fingerprint density at radius 2 is 2.24 bits per heavy atom. The predicted octanol–water partition coefficient (Wildman–Crippen LogP) is 1.16. The molecule has 1 unspecified atom stereocenters. The molecule has 21 heavy (non-hydrogen) atoms. The number of esters is 1. The van der Waals surface area contributed by atoms with E-state index in [9.17, 15) is 18.0 Å². The largest absolute Gasteiger partial charge is 0.477 e. The molecule has 1 fully saturated rings. The zero-order chi connectivity index (χ0) is 15.6. The first-order valence-corrected chi connectivity index (χ1v) is 8.70. The average molecular weight is 333 g/mol. The molecule has 0 spiro atoms. The number of sulfonamides is 1. The van der Waals surface area contributed by atoms with Gasteiger partial charge in [0.15, 0.2) is 0 Å². The number of carbonyl (C=O) groups excluding carboxylic acids is 1. The quantitative estimate of drug-likeness (QED) is 0.812. The van der Waals surface area contributed by atoms with Crippen LogP contribution in [0.2, 0.25) is 0 Å². The van der Waals surface area contributed by atoms with Crippen LogP contribution >= 0.6 is 11.3 Å². The second kappa shape index (κ2) is 6.12. The van der Waals surface area contributed by atoms with Crippen LogP contribution in [0.4, 0.5) is 0 Å². The Bertz CT molecular complexity index is 650. The van der Waals surface area contributed by atoms with Gasteiger partial charge in [0.2, 0.25) is 10.0 Å². The van der Waals surface area contributed by atoms with Crippen molar-refractivity contribution < 1.29 is 27.9 Å². The number of nitrogens with zero attached hydrogens (tertiary/aromatic N) is 1. The molecule has 0 bridgehead atoms. The lowest BCUT2D eigenvalue weighted by Gasteiger charge is -2.22. The van der Waals surface area contributed by atoms with Gasteiger partial charge in [0.25, 0.3) is 0 Å². The van der Waals surface area contributed by atoms with Crippen molar-refractivity contribution in [3.63, 3.8) is 0 Å². The molecule has 2 heterocycles. The molecule has 1 saturated heterocycles. The number of ether oxygens (including phenoxy) is 1. The van der Waals surface area contributed by atoms with Crippen molar-refractivity contribution in [2.24, 2.45) is 0 Å². The molecule has 0 amide bonds. The van der Waals surface area contributed by atoms with Crippen LogP contribution in [-0.4, -0.2) is 49.0 Å². The summed E-state index contributed by atoms with van der Waals surface area (Å²) in [5.41, 5.74) is 0. The molecule has 0 aromatic carbocycles. The number of carboxylic acid groups (broad SMARTS) is 1. The van der Waals surface area contributed by atoms with Crippen molar-refractivity contribution in [1.29, 1.82) is 0 Å². The molecular weight excluding hydrogens is 318 g/mol. The van der Waals surface area contributed by atoms with Crippen LogP contribution in [0, 0.1) is 0 Å². The highest BCUT2D eigenvalue weighted by Crippen LogP contribution is 2.30. The summed E-state index contributed by atoms with van der Waals surface area (Å²) in [7, 11) is -4.02. The molecule has 116 valence electrons. The standard InChI is InChI=1S/C12H15NO6S2/c1-2-19-12(16)8-4-3-6-13(8)21(17,18)9-5-7-20-10(9)11(14)15/h5,7-8H,2-4,6H2,1H3,(H,14,15). The summed E-state index contributed by atoms with van der Waals surface area (Å²) in [6.07, 6.45) is 0.917. The van der Waals surface area contributed by atoms with Gasteiger partial charge in [-0.2, -0.15) is 4.31 Å². The molecule has 1 N–H and O–H groups in total. The molecule has 0 aliphatic carbocycles. The van der Waals surface area contributed by atoms with Gasteiger partial charge < -0.3 is 9.84 Å². The topological polar surface area (TPSA) is 101 Å². The summed E-state index contributed by atoms with van der Waals surface area (Å²) in [6.45, 7) is 2.00. The molecule has 1 aromatic rings. The number of aromatic carboxylic acids is 1. The van der Waals surface area contributed by atoms with Gasteiger partial charge in [-0.15, -0.1) is 11.3 Å². The summed E-state index contributed by atoms with van der Waals surface area (Å²) in [6, 6.07) is 0.376. The van der Waals surface area contributed by atoms with Crippen LogP contribution in [0.5, 0.6) is 0 Å². The van der Waals surface area contributed by atoms with Crippen LogP contribution in [0.3, 0.4) is 0 Å². The van der Waals surface area contributed by atoms with Crippen LogP contribution < -0.4 is 0 Å². The lowest BCUT2D eigenvalue weighted by Crippen LogP contribution is -2.41. The fourth-order valence-electron chi connectivity index (χ4n) is 2.28. The normalized spacial score (nSPS) is 19.6. The maximum Gasteiger partial charge on any atom is 0.347 e. The van der Waals surface area contributed by atoms with Gasteiger partial charge in [-0.05, 0) is 31.2 Å². The Morgan fingerprint density at radius 1 is 1.52 bits per heavy atom. The monoisotopic (exact) mass is 333 g/mol. The van der Waals surface area contributed by atoms with Crippen LogP contribution in [-0.2, 0) is 19.6 Å². The van der Waals surface area contributed by atoms with E-state index in [-0.39, 0.29) is 22.9 Å². The van der Waals surface area contributed by atoms with Crippen molar-refractivity contribution >= 4 is 33.3 Å². The third kappa shape index (κ3) is 2.94. The molecule has 1 aliphatic heterocycles. The SMILES string of the molecule is CCOC(=O)C1CCCN1S(=O)(=O)c1ccsc1C(=O)O. The van der Waals surface area contributed by atoms with Gasteiger partial charge in [0.1, 0.15) is 15.8 Å². The molecule has 1 atom stereocenters. The number of hydrogen-bond acceptors (Lipinski definition) is 6. The van der Waals surface area contributed by atoms with E-state index in [2.05, 4.69) is 0 Å². The van der Waals surface area contributed by atoms with Gasteiger partial charge in [-0.3, -0.25) is 4.79 Å². The molecular formula is C12H15NO6S2. The lowest BCUT2D eigenvalue weighted by atomic mass is 10.2. The Balaban J connectivity index is 2.36. The van der Waals surface area contributed by atoms with Gasteiger partial charge >= 0.3 is 11.9 Å². The van der Waals surface area contributed by atoms with Gasteiger partial charge in [-0.25, -0.2) is 13.2 Å². The average Bonchev–Trinajstić information content (AvgIpc) is 3.08. The molecule has 0 saturated carbocycles. The second-order valence-corrected chi connectivity index (χ2v) is 7.22. The zero-order valence-electron chi connectivity index (χ0n) is 11.3. The van der Waals surface area contributed by atoms with E-state index in [0.717, 1.165) is 15.6 Å². The Hall–Kier alpha value is -1.45. The highest BCUT2D eigenvalue weighted by Gasteiger charge is 2.41. The molecule has 2 rings (SSSR count). The Labute approximate surface area is 126 Å². The first kappa shape index (κ1) is 15.9. The van der Waals surface area contributed by atoms with E-state index in [1.807, 2.05) is 0 Å². The van der Waals surface area contributed by atoms with Crippen molar-refractivity contribution in [3.8, 4) is 0 Å². The summed E-state index contributed by atoms with van der Waals surface area (Å²) < 4.78 is 31.1. The van der Waals surface area contributed by atoms with E-state index in [1.54, 1.807) is 6.92 Å². The van der Waals surface area contributed by atoms with Crippen molar-refractivity contribution in [3.05, 3.63) is 16.3 Å².